The van der Waals surface area contributed by atoms with E-state index in [0.29, 0.717) is 24.2 Å². The van der Waals surface area contributed by atoms with Crippen molar-refractivity contribution in [3.05, 3.63) is 101 Å². The first-order valence-electron chi connectivity index (χ1n) is 11.7. The van der Waals surface area contributed by atoms with Gasteiger partial charge in [0.05, 0.1) is 24.2 Å². The molecule has 3 aromatic rings. The highest BCUT2D eigenvalue weighted by atomic mass is 32.2. The maximum absolute atomic E-state index is 13.9. The quantitative estimate of drug-likeness (QED) is 0.440. The molecule has 8 heteroatoms. The monoisotopic (exact) mass is 507 g/mol. The standard InChI is InChI=1S/C28H26FNO5S/c29-23-15-19(9-11-25(23)31)14-20(24-8-4-5-13-30-24)10-12-26-28-21(16-34-22-6-2-1-3-7-22)18-36(32,33)27(28)17-35-26/h1-9,11,13-15,26-27,31H,10,12,16-18H2/b20-14-/t26-,27+/m1/s1. The summed E-state index contributed by atoms with van der Waals surface area (Å²) in [5.74, 6) is -0.439. The van der Waals surface area contributed by atoms with Crippen LogP contribution in [0.1, 0.15) is 24.1 Å². The van der Waals surface area contributed by atoms with Crippen LogP contribution in [0.25, 0.3) is 11.6 Å². The zero-order chi connectivity index (χ0) is 25.1. The van der Waals surface area contributed by atoms with Gasteiger partial charge >= 0.3 is 0 Å². The molecule has 1 saturated heterocycles. The summed E-state index contributed by atoms with van der Waals surface area (Å²) in [7, 11) is -3.33. The number of rotatable bonds is 8. The van der Waals surface area contributed by atoms with Crippen molar-refractivity contribution in [3.8, 4) is 11.5 Å². The van der Waals surface area contributed by atoms with Crippen molar-refractivity contribution in [1.29, 1.82) is 0 Å². The van der Waals surface area contributed by atoms with Crippen LogP contribution in [0.5, 0.6) is 11.5 Å². The van der Waals surface area contributed by atoms with Gasteiger partial charge in [-0.2, -0.15) is 0 Å². The summed E-state index contributed by atoms with van der Waals surface area (Å²) in [5, 5.41) is 8.89. The van der Waals surface area contributed by atoms with E-state index < -0.39 is 26.7 Å². The van der Waals surface area contributed by atoms with E-state index in [1.54, 1.807) is 12.3 Å². The minimum absolute atomic E-state index is 0.0184. The van der Waals surface area contributed by atoms with E-state index in [-0.39, 0.29) is 25.1 Å². The molecule has 0 amide bonds. The molecule has 0 aliphatic carbocycles. The Kier molecular flexibility index (Phi) is 6.89. The third kappa shape index (κ3) is 5.20. The van der Waals surface area contributed by atoms with Crippen LogP contribution in [0.3, 0.4) is 0 Å². The normalized spacial score (nSPS) is 21.0. The van der Waals surface area contributed by atoms with Gasteiger partial charge in [0.2, 0.25) is 0 Å². The highest BCUT2D eigenvalue weighted by Crippen LogP contribution is 2.39. The van der Waals surface area contributed by atoms with Gasteiger partial charge in [0.15, 0.2) is 21.4 Å². The number of allylic oxidation sites excluding steroid dienone is 1. The van der Waals surface area contributed by atoms with Gasteiger partial charge in [-0.3, -0.25) is 4.98 Å². The van der Waals surface area contributed by atoms with E-state index in [4.69, 9.17) is 9.47 Å². The number of aromatic nitrogens is 1. The van der Waals surface area contributed by atoms with Gasteiger partial charge in [0.25, 0.3) is 0 Å². The molecule has 6 nitrogen and oxygen atoms in total. The fourth-order valence-electron chi connectivity index (χ4n) is 4.75. The van der Waals surface area contributed by atoms with Gasteiger partial charge in [0.1, 0.15) is 17.6 Å². The summed E-state index contributed by atoms with van der Waals surface area (Å²) in [5.41, 5.74) is 3.76. The highest BCUT2D eigenvalue weighted by molar-refractivity contribution is 7.92. The number of hydrogen-bond acceptors (Lipinski definition) is 6. The predicted octanol–water partition coefficient (Wildman–Crippen LogP) is 4.82. The van der Waals surface area contributed by atoms with Crippen LogP contribution in [0.15, 0.2) is 84.1 Å². The van der Waals surface area contributed by atoms with E-state index >= 15 is 0 Å². The number of aromatic hydroxyl groups is 1. The zero-order valence-electron chi connectivity index (χ0n) is 19.5. The topological polar surface area (TPSA) is 85.7 Å². The predicted molar refractivity (Wildman–Crippen MR) is 136 cm³/mol. The number of ether oxygens (including phenoxy) is 2. The van der Waals surface area contributed by atoms with Gasteiger partial charge in [-0.1, -0.05) is 30.3 Å². The van der Waals surface area contributed by atoms with Crippen molar-refractivity contribution in [2.75, 3.05) is 19.0 Å². The van der Waals surface area contributed by atoms with Gasteiger partial charge < -0.3 is 14.6 Å². The van der Waals surface area contributed by atoms with Gasteiger partial charge in [-0.05, 0) is 77.6 Å². The summed E-state index contributed by atoms with van der Waals surface area (Å²) >= 11 is 0. The Morgan fingerprint density at radius 3 is 2.69 bits per heavy atom. The molecule has 3 heterocycles. The number of benzene rings is 2. The molecular formula is C28H26FNO5S. The summed E-state index contributed by atoms with van der Waals surface area (Å²) in [6, 6.07) is 19.1. The summed E-state index contributed by atoms with van der Waals surface area (Å²) in [6.07, 6.45) is 4.24. The van der Waals surface area contributed by atoms with Crippen molar-refractivity contribution < 1.29 is 27.4 Å². The summed E-state index contributed by atoms with van der Waals surface area (Å²) < 4.78 is 51.4. The molecule has 2 aliphatic heterocycles. The molecule has 2 atom stereocenters. The lowest BCUT2D eigenvalue weighted by molar-refractivity contribution is 0.118. The average Bonchev–Trinajstić information content (AvgIpc) is 3.43. The lowest BCUT2D eigenvalue weighted by atomic mass is 9.95. The second-order valence-electron chi connectivity index (χ2n) is 8.91. The lowest BCUT2D eigenvalue weighted by Gasteiger charge is -2.16. The molecule has 1 fully saturated rings. The molecule has 0 saturated carbocycles. The van der Waals surface area contributed by atoms with Gasteiger partial charge in [0, 0.05) is 6.20 Å². The van der Waals surface area contributed by atoms with Crippen molar-refractivity contribution >= 4 is 21.5 Å². The minimum atomic E-state index is -3.33. The number of fused-ring (bicyclic) bond motifs is 1. The average molecular weight is 508 g/mol. The summed E-state index contributed by atoms with van der Waals surface area (Å²) in [4.78, 5) is 4.45. The molecule has 186 valence electrons. The molecule has 0 spiro atoms. The van der Waals surface area contributed by atoms with Crippen LogP contribution in [-0.4, -0.2) is 48.8 Å². The number of phenolic OH excluding ortho intramolecular Hbond substituents is 1. The molecule has 0 unspecified atom stereocenters. The first-order valence-corrected chi connectivity index (χ1v) is 13.5. The number of para-hydroxylation sites is 1. The fourth-order valence-corrected chi connectivity index (χ4v) is 6.68. The van der Waals surface area contributed by atoms with E-state index in [1.165, 1.54) is 12.1 Å². The maximum Gasteiger partial charge on any atom is 0.165 e. The molecule has 2 aliphatic rings. The van der Waals surface area contributed by atoms with Crippen LogP contribution in [0, 0.1) is 5.82 Å². The Balaban J connectivity index is 1.39. The number of phenols is 1. The number of hydrogen-bond donors (Lipinski definition) is 1. The molecule has 5 rings (SSSR count). The molecule has 2 aromatic carbocycles. The van der Waals surface area contributed by atoms with E-state index in [0.717, 1.165) is 22.4 Å². The zero-order valence-corrected chi connectivity index (χ0v) is 20.3. The van der Waals surface area contributed by atoms with Crippen LogP contribution in [0.4, 0.5) is 4.39 Å². The molecule has 1 N–H and O–H groups in total. The number of sulfone groups is 1. The van der Waals surface area contributed by atoms with Crippen molar-refractivity contribution in [2.24, 2.45) is 0 Å². The second-order valence-corrected chi connectivity index (χ2v) is 11.1. The van der Waals surface area contributed by atoms with E-state index in [1.807, 2.05) is 54.6 Å². The Morgan fingerprint density at radius 1 is 1.14 bits per heavy atom. The third-order valence-electron chi connectivity index (χ3n) is 6.50. The molecule has 1 aromatic heterocycles. The van der Waals surface area contributed by atoms with E-state index in [9.17, 15) is 17.9 Å². The van der Waals surface area contributed by atoms with Crippen LogP contribution < -0.4 is 4.74 Å². The number of nitrogens with zero attached hydrogens (tertiary/aromatic N) is 1. The third-order valence-corrected chi connectivity index (χ3v) is 8.51. The number of halogens is 1. The minimum Gasteiger partial charge on any atom is -0.505 e. The maximum atomic E-state index is 13.9. The van der Waals surface area contributed by atoms with Crippen molar-refractivity contribution in [3.63, 3.8) is 0 Å². The largest absolute Gasteiger partial charge is 0.505 e. The van der Waals surface area contributed by atoms with Gasteiger partial charge in [-0.15, -0.1) is 0 Å². The Labute approximate surface area is 209 Å². The fraction of sp³-hybridized carbons (Fsp3) is 0.250. The second kappa shape index (κ2) is 10.2. The first kappa shape index (κ1) is 24.2. The van der Waals surface area contributed by atoms with Crippen LogP contribution in [0.2, 0.25) is 0 Å². The van der Waals surface area contributed by atoms with Crippen LogP contribution in [-0.2, 0) is 14.6 Å². The van der Waals surface area contributed by atoms with Crippen molar-refractivity contribution in [1.82, 2.24) is 4.98 Å². The molecule has 0 radical (unpaired) electrons. The van der Waals surface area contributed by atoms with Crippen molar-refractivity contribution in [2.45, 2.75) is 24.2 Å². The Bertz CT molecular complexity index is 1400. The first-order chi connectivity index (χ1) is 17.4. The molecule has 0 bridgehead atoms. The highest BCUT2D eigenvalue weighted by Gasteiger charge is 2.47. The smallest absolute Gasteiger partial charge is 0.165 e. The number of pyridine rings is 1. The van der Waals surface area contributed by atoms with E-state index in [2.05, 4.69) is 4.98 Å². The summed E-state index contributed by atoms with van der Waals surface area (Å²) in [6.45, 7) is 0.341. The Morgan fingerprint density at radius 2 is 1.94 bits per heavy atom. The van der Waals surface area contributed by atoms with Crippen LogP contribution >= 0.6 is 0 Å². The Hall–Kier alpha value is -3.49. The van der Waals surface area contributed by atoms with Gasteiger partial charge in [-0.25, -0.2) is 12.8 Å². The molecular weight excluding hydrogens is 481 g/mol. The SMILES string of the molecule is O=S1(=O)CC(COc2ccccc2)=C2[C@@H](CC/C(=C/c3ccc(O)c(F)c3)c3ccccn3)OC[C@@H]21. The molecule has 36 heavy (non-hydrogen) atoms. The lowest BCUT2D eigenvalue weighted by Crippen LogP contribution is -2.19.